The molecule has 32 heavy (non-hydrogen) atoms. The summed E-state index contributed by atoms with van der Waals surface area (Å²) < 4.78 is 0. The van der Waals surface area contributed by atoms with Gasteiger partial charge in [-0.3, -0.25) is 4.98 Å². The van der Waals surface area contributed by atoms with Crippen molar-refractivity contribution in [3.8, 4) is 10.6 Å². The Hall–Kier alpha value is -2.59. The van der Waals surface area contributed by atoms with Crippen molar-refractivity contribution in [3.63, 3.8) is 0 Å². The molecule has 0 unspecified atom stereocenters. The van der Waals surface area contributed by atoms with Crippen LogP contribution in [-0.2, 0) is 6.54 Å². The Balaban J connectivity index is 1.47. The lowest BCUT2D eigenvalue weighted by molar-refractivity contribution is 0.580. The molecule has 1 aromatic carbocycles. The molecule has 0 aliphatic rings. The highest BCUT2D eigenvalue weighted by atomic mass is 35.5. The van der Waals surface area contributed by atoms with E-state index in [1.54, 1.807) is 18.6 Å². The van der Waals surface area contributed by atoms with E-state index in [1.165, 1.54) is 23.1 Å². The molecule has 0 atom stereocenters. The third-order valence-electron chi connectivity index (χ3n) is 4.26. The fraction of sp³-hybridized carbons (Fsp3) is 0.227. The minimum atomic E-state index is 0.400. The second-order valence-corrected chi connectivity index (χ2v) is 9.74. The topological polar surface area (TPSA) is 88.5 Å². The van der Waals surface area contributed by atoms with Crippen molar-refractivity contribution in [3.05, 3.63) is 65.3 Å². The Labute approximate surface area is 200 Å². The SMILES string of the molecule is Cc1cc(-c2cnc(Nc3cnc(CNC(C)C)cn3)s2)nc(Sc2ccccc2Cl)n1. The summed E-state index contributed by atoms with van der Waals surface area (Å²) in [5.41, 5.74) is 2.59. The van der Waals surface area contributed by atoms with Gasteiger partial charge in [-0.05, 0) is 36.9 Å². The number of halogens is 1. The smallest absolute Gasteiger partial charge is 0.193 e. The number of aryl methyl sites for hydroxylation is 1. The van der Waals surface area contributed by atoms with Crippen molar-refractivity contribution in [1.29, 1.82) is 0 Å². The number of thiazole rings is 1. The highest BCUT2D eigenvalue weighted by Crippen LogP contribution is 2.34. The zero-order valence-electron chi connectivity index (χ0n) is 17.8. The summed E-state index contributed by atoms with van der Waals surface area (Å²) in [6.07, 6.45) is 5.27. The number of anilines is 2. The number of benzene rings is 1. The first kappa shape index (κ1) is 22.6. The van der Waals surface area contributed by atoms with Gasteiger partial charge in [0.25, 0.3) is 0 Å². The summed E-state index contributed by atoms with van der Waals surface area (Å²) >= 11 is 9.23. The first-order valence-electron chi connectivity index (χ1n) is 10.0. The highest BCUT2D eigenvalue weighted by Gasteiger charge is 2.12. The van der Waals surface area contributed by atoms with Crippen molar-refractivity contribution in [2.75, 3.05) is 5.32 Å². The number of nitrogens with one attached hydrogen (secondary N) is 2. The molecule has 0 aliphatic heterocycles. The normalized spacial score (nSPS) is 11.2. The molecule has 7 nitrogen and oxygen atoms in total. The predicted octanol–water partition coefficient (Wildman–Crippen LogP) is 5.74. The van der Waals surface area contributed by atoms with E-state index in [0.717, 1.165) is 32.0 Å². The van der Waals surface area contributed by atoms with E-state index in [0.29, 0.717) is 28.6 Å². The van der Waals surface area contributed by atoms with Crippen LogP contribution in [0.25, 0.3) is 10.6 Å². The lowest BCUT2D eigenvalue weighted by Crippen LogP contribution is -2.22. The van der Waals surface area contributed by atoms with E-state index in [9.17, 15) is 0 Å². The van der Waals surface area contributed by atoms with Crippen LogP contribution in [0.1, 0.15) is 25.2 Å². The molecule has 4 aromatic rings. The molecule has 0 saturated heterocycles. The van der Waals surface area contributed by atoms with E-state index in [1.807, 2.05) is 37.3 Å². The van der Waals surface area contributed by atoms with Crippen molar-refractivity contribution >= 4 is 45.6 Å². The Morgan fingerprint density at radius 2 is 1.91 bits per heavy atom. The molecule has 0 saturated carbocycles. The minimum absolute atomic E-state index is 0.400. The van der Waals surface area contributed by atoms with Gasteiger partial charge in [-0.25, -0.2) is 19.9 Å². The minimum Gasteiger partial charge on any atom is -0.315 e. The molecule has 164 valence electrons. The van der Waals surface area contributed by atoms with Gasteiger partial charge in [0.05, 0.1) is 33.7 Å². The molecule has 0 aliphatic carbocycles. The van der Waals surface area contributed by atoms with Crippen LogP contribution in [0.2, 0.25) is 5.02 Å². The Kier molecular flexibility index (Phi) is 7.31. The Morgan fingerprint density at radius 1 is 1.06 bits per heavy atom. The standard InChI is InChI=1S/C22H22ClN7S2/c1-13(2)24-9-15-10-26-20(12-25-15)30-21-27-11-19(32-21)17-8-14(3)28-22(29-17)31-18-7-5-4-6-16(18)23/h4-8,10-13,24H,9H2,1-3H3,(H,26,27,30). The van der Waals surface area contributed by atoms with Crippen LogP contribution in [0.3, 0.4) is 0 Å². The average molecular weight is 484 g/mol. The van der Waals surface area contributed by atoms with Crippen LogP contribution in [0, 0.1) is 6.92 Å². The zero-order valence-corrected chi connectivity index (χ0v) is 20.2. The van der Waals surface area contributed by atoms with Crippen molar-refractivity contribution in [1.82, 2.24) is 30.2 Å². The largest absolute Gasteiger partial charge is 0.315 e. The molecule has 0 spiro atoms. The summed E-state index contributed by atoms with van der Waals surface area (Å²) in [6.45, 7) is 6.84. The number of hydrogen-bond acceptors (Lipinski definition) is 9. The van der Waals surface area contributed by atoms with Gasteiger partial charge in [-0.1, -0.05) is 48.9 Å². The molecular formula is C22H22ClN7S2. The summed E-state index contributed by atoms with van der Waals surface area (Å²) in [6, 6.07) is 10.0. The molecular weight excluding hydrogens is 462 g/mol. The van der Waals surface area contributed by atoms with Gasteiger partial charge in [-0.15, -0.1) is 0 Å². The van der Waals surface area contributed by atoms with Gasteiger partial charge in [-0.2, -0.15) is 0 Å². The molecule has 2 N–H and O–H groups in total. The molecule has 3 heterocycles. The maximum atomic E-state index is 6.28. The van der Waals surface area contributed by atoms with Crippen LogP contribution in [0.15, 0.2) is 59.0 Å². The van der Waals surface area contributed by atoms with Crippen LogP contribution >= 0.6 is 34.7 Å². The molecule has 4 rings (SSSR count). The lowest BCUT2D eigenvalue weighted by Gasteiger charge is -2.07. The second kappa shape index (κ2) is 10.4. The van der Waals surface area contributed by atoms with E-state index >= 15 is 0 Å². The number of nitrogens with zero attached hydrogens (tertiary/aromatic N) is 5. The third-order valence-corrected chi connectivity index (χ3v) is 6.58. The summed E-state index contributed by atoms with van der Waals surface area (Å²) in [5, 5.41) is 8.58. The van der Waals surface area contributed by atoms with Gasteiger partial charge in [0, 0.05) is 29.4 Å². The third kappa shape index (κ3) is 6.01. The van der Waals surface area contributed by atoms with E-state index in [4.69, 9.17) is 16.6 Å². The fourth-order valence-corrected chi connectivity index (χ4v) is 4.60. The van der Waals surface area contributed by atoms with E-state index < -0.39 is 0 Å². The maximum absolute atomic E-state index is 6.28. The Morgan fingerprint density at radius 3 is 2.66 bits per heavy atom. The van der Waals surface area contributed by atoms with Gasteiger partial charge >= 0.3 is 0 Å². The van der Waals surface area contributed by atoms with E-state index in [2.05, 4.69) is 44.4 Å². The summed E-state index contributed by atoms with van der Waals surface area (Å²) in [5.74, 6) is 0.646. The van der Waals surface area contributed by atoms with Crippen LogP contribution in [-0.4, -0.2) is 31.0 Å². The van der Waals surface area contributed by atoms with Crippen molar-refractivity contribution in [2.24, 2.45) is 0 Å². The molecule has 0 bridgehead atoms. The number of rotatable bonds is 8. The van der Waals surface area contributed by atoms with Crippen LogP contribution in [0.5, 0.6) is 0 Å². The summed E-state index contributed by atoms with van der Waals surface area (Å²) in [4.78, 5) is 24.4. The van der Waals surface area contributed by atoms with Gasteiger partial charge < -0.3 is 10.6 Å². The summed E-state index contributed by atoms with van der Waals surface area (Å²) in [7, 11) is 0. The molecule has 0 fully saturated rings. The highest BCUT2D eigenvalue weighted by molar-refractivity contribution is 7.99. The van der Waals surface area contributed by atoms with Gasteiger partial charge in [0.2, 0.25) is 0 Å². The molecule has 10 heteroatoms. The molecule has 0 radical (unpaired) electrons. The predicted molar refractivity (Wildman–Crippen MR) is 131 cm³/mol. The van der Waals surface area contributed by atoms with Gasteiger partial charge in [0.1, 0.15) is 0 Å². The first-order valence-corrected chi connectivity index (χ1v) is 12.0. The van der Waals surface area contributed by atoms with Gasteiger partial charge in [0.15, 0.2) is 16.1 Å². The molecule has 0 amide bonds. The maximum Gasteiger partial charge on any atom is 0.193 e. The number of hydrogen-bond donors (Lipinski definition) is 2. The Bertz CT molecular complexity index is 1200. The number of aromatic nitrogens is 5. The van der Waals surface area contributed by atoms with Crippen LogP contribution in [0.4, 0.5) is 10.9 Å². The van der Waals surface area contributed by atoms with Crippen LogP contribution < -0.4 is 10.6 Å². The molecule has 3 aromatic heterocycles. The van der Waals surface area contributed by atoms with Crippen molar-refractivity contribution in [2.45, 2.75) is 43.4 Å². The quantitative estimate of drug-likeness (QED) is 0.306. The first-order chi connectivity index (χ1) is 15.5. The lowest BCUT2D eigenvalue weighted by atomic mass is 10.3. The fourth-order valence-electron chi connectivity index (χ4n) is 2.72. The second-order valence-electron chi connectivity index (χ2n) is 7.29. The van der Waals surface area contributed by atoms with Crippen molar-refractivity contribution < 1.29 is 0 Å². The zero-order chi connectivity index (χ0) is 22.5. The average Bonchev–Trinajstić information content (AvgIpc) is 3.23. The van der Waals surface area contributed by atoms with E-state index in [-0.39, 0.29) is 0 Å². The monoisotopic (exact) mass is 483 g/mol.